The number of hydrogen-bond acceptors (Lipinski definition) is 4. The first-order valence-corrected chi connectivity index (χ1v) is 7.29. The number of ether oxygens (including phenoxy) is 1. The highest BCUT2D eigenvalue weighted by molar-refractivity contribution is 5.35. The van der Waals surface area contributed by atoms with Crippen LogP contribution in [0.3, 0.4) is 0 Å². The maximum atomic E-state index is 5.26. The van der Waals surface area contributed by atoms with E-state index in [1.54, 1.807) is 7.11 Å². The van der Waals surface area contributed by atoms with Crippen molar-refractivity contribution in [2.75, 3.05) is 38.3 Å². The molecular formula is C14H24N4O. The van der Waals surface area contributed by atoms with Crippen molar-refractivity contribution >= 4 is 5.95 Å². The summed E-state index contributed by atoms with van der Waals surface area (Å²) >= 11 is 0. The van der Waals surface area contributed by atoms with Crippen molar-refractivity contribution in [1.29, 1.82) is 0 Å². The topological polar surface area (TPSA) is 42.3 Å². The fraction of sp³-hybridized carbons (Fsp3) is 0.786. The second-order valence-electron chi connectivity index (χ2n) is 5.81. The van der Waals surface area contributed by atoms with E-state index in [4.69, 9.17) is 4.74 Å². The molecule has 3 heterocycles. The van der Waals surface area contributed by atoms with Gasteiger partial charge in [-0.05, 0) is 32.2 Å². The van der Waals surface area contributed by atoms with E-state index in [1.165, 1.54) is 19.4 Å². The smallest absolute Gasteiger partial charge is 0.205 e. The molecule has 0 radical (unpaired) electrons. The quantitative estimate of drug-likeness (QED) is 0.889. The summed E-state index contributed by atoms with van der Waals surface area (Å²) in [5.41, 5.74) is 0. The van der Waals surface area contributed by atoms with Gasteiger partial charge in [0.05, 0.1) is 12.6 Å². The van der Waals surface area contributed by atoms with E-state index < -0.39 is 0 Å². The molecule has 19 heavy (non-hydrogen) atoms. The first-order chi connectivity index (χ1) is 9.29. The number of anilines is 1. The number of nitrogens with zero attached hydrogens (tertiary/aromatic N) is 3. The summed E-state index contributed by atoms with van der Waals surface area (Å²) in [5, 5.41) is 3.64. The molecule has 3 atom stereocenters. The number of methoxy groups -OCH3 is 1. The van der Waals surface area contributed by atoms with E-state index in [2.05, 4.69) is 32.9 Å². The Bertz CT molecular complexity index is 405. The van der Waals surface area contributed by atoms with Gasteiger partial charge in [0.1, 0.15) is 0 Å². The largest absolute Gasteiger partial charge is 0.383 e. The van der Waals surface area contributed by atoms with Crippen molar-refractivity contribution in [2.45, 2.75) is 31.8 Å². The van der Waals surface area contributed by atoms with Gasteiger partial charge in [-0.25, -0.2) is 4.98 Å². The van der Waals surface area contributed by atoms with Crippen LogP contribution in [0.1, 0.15) is 25.8 Å². The average molecular weight is 264 g/mol. The highest BCUT2D eigenvalue weighted by Crippen LogP contribution is 2.29. The van der Waals surface area contributed by atoms with E-state index in [0.717, 1.165) is 31.6 Å². The molecule has 2 aliphatic heterocycles. The van der Waals surface area contributed by atoms with Gasteiger partial charge >= 0.3 is 0 Å². The molecule has 0 aromatic carbocycles. The van der Waals surface area contributed by atoms with Crippen LogP contribution in [0.25, 0.3) is 0 Å². The van der Waals surface area contributed by atoms with Gasteiger partial charge in [0.15, 0.2) is 0 Å². The molecule has 2 saturated heterocycles. The van der Waals surface area contributed by atoms with Crippen molar-refractivity contribution in [2.24, 2.45) is 5.92 Å². The SMILES string of the molecule is COCC(C)n1ccnc1N1CC2CCCNC2C1. The van der Waals surface area contributed by atoms with Gasteiger partial charge in [-0.1, -0.05) is 0 Å². The summed E-state index contributed by atoms with van der Waals surface area (Å²) < 4.78 is 7.50. The minimum absolute atomic E-state index is 0.332. The van der Waals surface area contributed by atoms with Gasteiger partial charge in [0, 0.05) is 38.6 Å². The predicted octanol–water partition coefficient (Wildman–Crippen LogP) is 1.28. The van der Waals surface area contributed by atoms with Crippen LogP contribution < -0.4 is 10.2 Å². The number of rotatable bonds is 4. The molecule has 3 rings (SSSR count). The summed E-state index contributed by atoms with van der Waals surface area (Å²) in [6, 6.07) is 0.981. The molecule has 2 fully saturated rings. The van der Waals surface area contributed by atoms with Crippen LogP contribution >= 0.6 is 0 Å². The normalized spacial score (nSPS) is 28.4. The standard InChI is InChI=1S/C14H24N4O/c1-11(10-19-2)18-7-6-16-14(18)17-8-12-4-3-5-15-13(12)9-17/h6-7,11-13,15H,3-5,8-10H2,1-2H3. The van der Waals surface area contributed by atoms with Crippen LogP contribution in [-0.2, 0) is 4.74 Å². The fourth-order valence-corrected chi connectivity index (χ4v) is 3.43. The van der Waals surface area contributed by atoms with E-state index in [-0.39, 0.29) is 0 Å². The van der Waals surface area contributed by atoms with Gasteiger partial charge in [-0.2, -0.15) is 0 Å². The summed E-state index contributed by atoms with van der Waals surface area (Å²) in [6.45, 7) is 6.29. The van der Waals surface area contributed by atoms with E-state index in [0.29, 0.717) is 12.1 Å². The molecule has 0 saturated carbocycles. The Morgan fingerprint density at radius 2 is 2.42 bits per heavy atom. The first-order valence-electron chi connectivity index (χ1n) is 7.29. The minimum Gasteiger partial charge on any atom is -0.383 e. The molecule has 3 unspecified atom stereocenters. The molecule has 5 nitrogen and oxygen atoms in total. The van der Waals surface area contributed by atoms with Gasteiger partial charge in [-0.3, -0.25) is 0 Å². The summed E-state index contributed by atoms with van der Waals surface area (Å²) in [6.07, 6.45) is 6.62. The Balaban J connectivity index is 1.74. The molecular weight excluding hydrogens is 240 g/mol. The van der Waals surface area contributed by atoms with Gasteiger partial charge in [-0.15, -0.1) is 0 Å². The van der Waals surface area contributed by atoms with Crippen LogP contribution in [0.5, 0.6) is 0 Å². The summed E-state index contributed by atoms with van der Waals surface area (Å²) in [5.74, 6) is 1.89. The van der Waals surface area contributed by atoms with Crippen LogP contribution in [0.4, 0.5) is 5.95 Å². The Morgan fingerprint density at radius 3 is 3.21 bits per heavy atom. The number of piperidine rings is 1. The Kier molecular flexibility index (Phi) is 3.75. The fourth-order valence-electron chi connectivity index (χ4n) is 3.43. The van der Waals surface area contributed by atoms with Crippen molar-refractivity contribution in [3.63, 3.8) is 0 Å². The van der Waals surface area contributed by atoms with E-state index >= 15 is 0 Å². The zero-order valence-electron chi connectivity index (χ0n) is 11.9. The van der Waals surface area contributed by atoms with E-state index in [1.807, 2.05) is 6.20 Å². The molecule has 2 aliphatic rings. The highest BCUT2D eigenvalue weighted by atomic mass is 16.5. The van der Waals surface area contributed by atoms with Crippen molar-refractivity contribution in [3.05, 3.63) is 12.4 Å². The Morgan fingerprint density at radius 1 is 1.53 bits per heavy atom. The lowest BCUT2D eigenvalue weighted by atomic mass is 9.94. The van der Waals surface area contributed by atoms with E-state index in [9.17, 15) is 0 Å². The van der Waals surface area contributed by atoms with Crippen LogP contribution in [-0.4, -0.2) is 48.9 Å². The molecule has 5 heteroatoms. The van der Waals surface area contributed by atoms with Crippen LogP contribution in [0.15, 0.2) is 12.4 Å². The number of aromatic nitrogens is 2. The van der Waals surface area contributed by atoms with Crippen molar-refractivity contribution < 1.29 is 4.74 Å². The first kappa shape index (κ1) is 12.9. The maximum absolute atomic E-state index is 5.26. The number of imidazole rings is 1. The summed E-state index contributed by atoms with van der Waals surface area (Å²) in [7, 11) is 1.75. The minimum atomic E-state index is 0.332. The second kappa shape index (κ2) is 5.51. The molecule has 0 spiro atoms. The average Bonchev–Trinajstić information content (AvgIpc) is 3.05. The third-order valence-corrected chi connectivity index (χ3v) is 4.41. The van der Waals surface area contributed by atoms with Crippen molar-refractivity contribution in [1.82, 2.24) is 14.9 Å². The highest BCUT2D eigenvalue weighted by Gasteiger charge is 2.35. The molecule has 0 bridgehead atoms. The lowest BCUT2D eigenvalue weighted by molar-refractivity contribution is 0.162. The molecule has 106 valence electrons. The zero-order valence-corrected chi connectivity index (χ0v) is 11.9. The predicted molar refractivity (Wildman–Crippen MR) is 75.5 cm³/mol. The maximum Gasteiger partial charge on any atom is 0.205 e. The monoisotopic (exact) mass is 264 g/mol. The van der Waals surface area contributed by atoms with Crippen LogP contribution in [0, 0.1) is 5.92 Å². The zero-order chi connectivity index (χ0) is 13.2. The molecule has 1 aromatic rings. The molecule has 0 amide bonds. The van der Waals surface area contributed by atoms with Gasteiger partial charge < -0.3 is 19.5 Å². The molecule has 0 aliphatic carbocycles. The van der Waals surface area contributed by atoms with Gasteiger partial charge in [0.2, 0.25) is 5.95 Å². The molecule has 1 aromatic heterocycles. The second-order valence-corrected chi connectivity index (χ2v) is 5.81. The Labute approximate surface area is 114 Å². The number of fused-ring (bicyclic) bond motifs is 1. The Hall–Kier alpha value is -1.07. The third kappa shape index (κ3) is 2.49. The van der Waals surface area contributed by atoms with Crippen molar-refractivity contribution in [3.8, 4) is 0 Å². The number of nitrogens with one attached hydrogen (secondary N) is 1. The lowest BCUT2D eigenvalue weighted by Gasteiger charge is -2.24. The number of hydrogen-bond donors (Lipinski definition) is 1. The third-order valence-electron chi connectivity index (χ3n) is 4.41. The van der Waals surface area contributed by atoms with Gasteiger partial charge in [0.25, 0.3) is 0 Å². The van der Waals surface area contributed by atoms with Crippen LogP contribution in [0.2, 0.25) is 0 Å². The lowest BCUT2D eigenvalue weighted by Crippen LogP contribution is -2.40. The molecule has 1 N–H and O–H groups in total. The summed E-state index contributed by atoms with van der Waals surface area (Å²) in [4.78, 5) is 7.00.